The fourth-order valence-electron chi connectivity index (χ4n) is 1.61. The second-order valence-corrected chi connectivity index (χ2v) is 4.24. The van der Waals surface area contributed by atoms with Gasteiger partial charge in [0.2, 0.25) is 0 Å². The molecule has 1 fully saturated rings. The fraction of sp³-hybridized carbons (Fsp3) is 0.583. The molecule has 1 heterocycles. The predicted molar refractivity (Wildman–Crippen MR) is 66.5 cm³/mol. The molecule has 0 amide bonds. The summed E-state index contributed by atoms with van der Waals surface area (Å²) in [5.41, 5.74) is 0. The second kappa shape index (κ2) is 5.58. The van der Waals surface area contributed by atoms with Gasteiger partial charge in [-0.05, 0) is 30.9 Å². The highest BCUT2D eigenvalue weighted by Crippen LogP contribution is 2.27. The van der Waals surface area contributed by atoms with E-state index in [-0.39, 0.29) is 0 Å². The van der Waals surface area contributed by atoms with Crippen LogP contribution in [-0.4, -0.2) is 30.7 Å². The average Bonchev–Trinajstić information content (AvgIpc) is 2.99. The molecular weight excluding hydrogens is 200 g/mol. The summed E-state index contributed by atoms with van der Waals surface area (Å²) in [6.07, 6.45) is 6.88. The first-order valence-corrected chi connectivity index (χ1v) is 5.94. The number of hydrogen-bond acceptors (Lipinski definition) is 1. The van der Waals surface area contributed by atoms with Crippen LogP contribution in [0.1, 0.15) is 12.8 Å². The summed E-state index contributed by atoms with van der Waals surface area (Å²) in [5, 5.41) is 6.65. The molecule has 2 rings (SSSR count). The Labute approximate surface area is 96.8 Å². The van der Waals surface area contributed by atoms with Crippen molar-refractivity contribution in [2.75, 3.05) is 20.1 Å². The van der Waals surface area contributed by atoms with Crippen molar-refractivity contribution < 1.29 is 0 Å². The van der Waals surface area contributed by atoms with Crippen LogP contribution in [-0.2, 0) is 6.54 Å². The number of aromatic nitrogens is 1. The zero-order valence-electron chi connectivity index (χ0n) is 9.82. The number of guanidine groups is 1. The summed E-state index contributed by atoms with van der Waals surface area (Å²) in [6.45, 7) is 2.93. The van der Waals surface area contributed by atoms with Crippen molar-refractivity contribution in [3.05, 3.63) is 24.5 Å². The molecule has 1 aromatic heterocycles. The van der Waals surface area contributed by atoms with Gasteiger partial charge in [-0.25, -0.2) is 0 Å². The number of rotatable bonds is 5. The summed E-state index contributed by atoms with van der Waals surface area (Å²) in [4.78, 5) is 4.19. The van der Waals surface area contributed by atoms with Crippen LogP contribution >= 0.6 is 0 Å². The molecule has 4 nitrogen and oxygen atoms in total. The van der Waals surface area contributed by atoms with Crippen molar-refractivity contribution in [3.8, 4) is 0 Å². The summed E-state index contributed by atoms with van der Waals surface area (Å²) in [7, 11) is 1.82. The maximum absolute atomic E-state index is 4.19. The lowest BCUT2D eigenvalue weighted by molar-refractivity contribution is 0.659. The van der Waals surface area contributed by atoms with Crippen molar-refractivity contribution in [3.63, 3.8) is 0 Å². The van der Waals surface area contributed by atoms with Gasteiger partial charge in [-0.15, -0.1) is 0 Å². The van der Waals surface area contributed by atoms with E-state index in [0.29, 0.717) is 0 Å². The van der Waals surface area contributed by atoms with E-state index >= 15 is 0 Å². The molecule has 2 N–H and O–H groups in total. The van der Waals surface area contributed by atoms with E-state index in [0.717, 1.165) is 31.5 Å². The van der Waals surface area contributed by atoms with E-state index < -0.39 is 0 Å². The quantitative estimate of drug-likeness (QED) is 0.575. The maximum atomic E-state index is 4.19. The largest absolute Gasteiger partial charge is 0.356 e. The fourth-order valence-corrected chi connectivity index (χ4v) is 1.61. The van der Waals surface area contributed by atoms with Crippen molar-refractivity contribution >= 4 is 5.96 Å². The zero-order valence-corrected chi connectivity index (χ0v) is 9.82. The molecule has 0 aliphatic heterocycles. The standard InChI is InChI=1S/C12H20N4/c1-13-12(15-10-11-4-5-11)14-6-9-16-7-2-3-8-16/h2-3,7-8,11H,4-6,9-10H2,1H3,(H2,13,14,15). The summed E-state index contributed by atoms with van der Waals surface area (Å²) in [6, 6.07) is 4.08. The van der Waals surface area contributed by atoms with Crippen LogP contribution in [0.4, 0.5) is 0 Å². The first-order chi connectivity index (χ1) is 7.88. The van der Waals surface area contributed by atoms with Crippen LogP contribution in [0.15, 0.2) is 29.5 Å². The van der Waals surface area contributed by atoms with Crippen molar-refractivity contribution in [2.24, 2.45) is 10.9 Å². The molecule has 16 heavy (non-hydrogen) atoms. The maximum Gasteiger partial charge on any atom is 0.191 e. The van der Waals surface area contributed by atoms with Crippen LogP contribution in [0.5, 0.6) is 0 Å². The van der Waals surface area contributed by atoms with E-state index in [1.165, 1.54) is 12.8 Å². The SMILES string of the molecule is CN=C(NCCn1cccc1)NCC1CC1. The van der Waals surface area contributed by atoms with Gasteiger partial charge in [-0.1, -0.05) is 0 Å². The van der Waals surface area contributed by atoms with Crippen LogP contribution in [0.3, 0.4) is 0 Å². The number of aliphatic imine (C=N–C) groups is 1. The molecule has 0 saturated heterocycles. The summed E-state index contributed by atoms with van der Waals surface area (Å²) in [5.74, 6) is 1.79. The van der Waals surface area contributed by atoms with Gasteiger partial charge in [0, 0.05) is 39.1 Å². The minimum absolute atomic E-state index is 0.878. The minimum Gasteiger partial charge on any atom is -0.356 e. The molecule has 0 unspecified atom stereocenters. The molecule has 1 saturated carbocycles. The highest BCUT2D eigenvalue weighted by Gasteiger charge is 2.20. The molecular formula is C12H20N4. The van der Waals surface area contributed by atoms with Crippen LogP contribution in [0, 0.1) is 5.92 Å². The molecule has 1 aliphatic rings. The first kappa shape index (κ1) is 11.0. The lowest BCUT2D eigenvalue weighted by Crippen LogP contribution is -2.39. The Hall–Kier alpha value is -1.45. The number of hydrogen-bond donors (Lipinski definition) is 2. The molecule has 0 atom stereocenters. The topological polar surface area (TPSA) is 41.4 Å². The highest BCUT2D eigenvalue weighted by atomic mass is 15.2. The molecule has 0 bridgehead atoms. The Morgan fingerprint density at radius 3 is 2.69 bits per heavy atom. The van der Waals surface area contributed by atoms with Gasteiger partial charge in [-0.3, -0.25) is 4.99 Å². The van der Waals surface area contributed by atoms with Gasteiger partial charge in [-0.2, -0.15) is 0 Å². The molecule has 88 valence electrons. The van der Waals surface area contributed by atoms with E-state index in [1.807, 2.05) is 19.2 Å². The molecule has 1 aromatic rings. The monoisotopic (exact) mass is 220 g/mol. The molecule has 0 radical (unpaired) electrons. The normalized spacial score (nSPS) is 16.2. The van der Waals surface area contributed by atoms with E-state index in [9.17, 15) is 0 Å². The third-order valence-electron chi connectivity index (χ3n) is 2.81. The van der Waals surface area contributed by atoms with Crippen LogP contribution < -0.4 is 10.6 Å². The lowest BCUT2D eigenvalue weighted by atomic mass is 10.4. The van der Waals surface area contributed by atoms with Crippen LogP contribution in [0.2, 0.25) is 0 Å². The van der Waals surface area contributed by atoms with Gasteiger partial charge in [0.1, 0.15) is 0 Å². The second-order valence-electron chi connectivity index (χ2n) is 4.24. The third-order valence-corrected chi connectivity index (χ3v) is 2.81. The van der Waals surface area contributed by atoms with Crippen LogP contribution in [0.25, 0.3) is 0 Å². The predicted octanol–water partition coefficient (Wildman–Crippen LogP) is 1.06. The first-order valence-electron chi connectivity index (χ1n) is 5.94. The third kappa shape index (κ3) is 3.61. The molecule has 1 aliphatic carbocycles. The Balaban J connectivity index is 1.62. The van der Waals surface area contributed by atoms with Gasteiger partial charge < -0.3 is 15.2 Å². The Morgan fingerprint density at radius 2 is 2.06 bits per heavy atom. The van der Waals surface area contributed by atoms with Crippen molar-refractivity contribution in [1.82, 2.24) is 15.2 Å². The molecule has 0 spiro atoms. The molecule has 0 aromatic carbocycles. The minimum atomic E-state index is 0.878. The van der Waals surface area contributed by atoms with E-state index in [4.69, 9.17) is 0 Å². The summed E-state index contributed by atoms with van der Waals surface area (Å²) < 4.78 is 2.15. The van der Waals surface area contributed by atoms with Gasteiger partial charge in [0.25, 0.3) is 0 Å². The number of nitrogens with zero attached hydrogens (tertiary/aromatic N) is 2. The highest BCUT2D eigenvalue weighted by molar-refractivity contribution is 5.79. The lowest BCUT2D eigenvalue weighted by Gasteiger charge is -2.11. The van der Waals surface area contributed by atoms with E-state index in [1.54, 1.807) is 0 Å². The van der Waals surface area contributed by atoms with Crippen molar-refractivity contribution in [2.45, 2.75) is 19.4 Å². The Bertz CT molecular complexity index is 325. The van der Waals surface area contributed by atoms with Gasteiger partial charge >= 0.3 is 0 Å². The summed E-state index contributed by atoms with van der Waals surface area (Å²) >= 11 is 0. The smallest absolute Gasteiger partial charge is 0.191 e. The van der Waals surface area contributed by atoms with E-state index in [2.05, 4.69) is 32.6 Å². The Morgan fingerprint density at radius 1 is 1.31 bits per heavy atom. The van der Waals surface area contributed by atoms with Gasteiger partial charge in [0.15, 0.2) is 5.96 Å². The molecule has 4 heteroatoms. The van der Waals surface area contributed by atoms with Crippen molar-refractivity contribution in [1.29, 1.82) is 0 Å². The zero-order chi connectivity index (χ0) is 11.2. The Kier molecular flexibility index (Phi) is 3.86. The average molecular weight is 220 g/mol. The number of nitrogens with one attached hydrogen (secondary N) is 2. The van der Waals surface area contributed by atoms with Gasteiger partial charge in [0.05, 0.1) is 0 Å².